The quantitative estimate of drug-likeness (QED) is 0.217. The zero-order chi connectivity index (χ0) is 35.6. The van der Waals surface area contributed by atoms with Crippen LogP contribution in [0.3, 0.4) is 0 Å². The Hall–Kier alpha value is -5.23. The van der Waals surface area contributed by atoms with Crippen molar-refractivity contribution in [1.29, 1.82) is 0 Å². The van der Waals surface area contributed by atoms with E-state index in [1.54, 1.807) is 17.0 Å². The van der Waals surface area contributed by atoms with Gasteiger partial charge >= 0.3 is 5.69 Å². The predicted octanol–water partition coefficient (Wildman–Crippen LogP) is 5.35. The number of amidine groups is 1. The highest BCUT2D eigenvalue weighted by Crippen LogP contribution is 2.29. The van der Waals surface area contributed by atoms with Gasteiger partial charge in [0.25, 0.3) is 5.56 Å². The highest BCUT2D eigenvalue weighted by atomic mass is 19.1. The van der Waals surface area contributed by atoms with Crippen LogP contribution in [-0.2, 0) is 11.2 Å². The van der Waals surface area contributed by atoms with Gasteiger partial charge in [-0.1, -0.05) is 50.2 Å². The molecule has 2 aliphatic heterocycles. The van der Waals surface area contributed by atoms with Gasteiger partial charge in [0.2, 0.25) is 5.91 Å². The van der Waals surface area contributed by atoms with Gasteiger partial charge in [-0.3, -0.25) is 19.1 Å². The van der Waals surface area contributed by atoms with E-state index in [0.29, 0.717) is 43.2 Å². The fraction of sp³-hybridized carbons (Fsp3) is 0.359. The lowest BCUT2D eigenvalue weighted by Gasteiger charge is -2.30. The van der Waals surface area contributed by atoms with Gasteiger partial charge in [0.15, 0.2) is 5.65 Å². The van der Waals surface area contributed by atoms with Crippen molar-refractivity contribution in [3.8, 4) is 16.8 Å². The van der Waals surface area contributed by atoms with Gasteiger partial charge in [0, 0.05) is 24.3 Å². The van der Waals surface area contributed by atoms with Crippen molar-refractivity contribution in [2.45, 2.75) is 76.5 Å². The SMILES string of the molecule is CC(C)NCCCc1ccc(-c2cccc(-n3c(=O)n([C@H]4CC[C@@H](NC(=O)C5CN6C=C(F)C=CC6=N5)CC4)c(=O)c4cc(F)cnc43)c2)cc1. The third kappa shape index (κ3) is 7.32. The van der Waals surface area contributed by atoms with Crippen LogP contribution in [0, 0.1) is 5.82 Å². The first-order valence-corrected chi connectivity index (χ1v) is 17.6. The summed E-state index contributed by atoms with van der Waals surface area (Å²) in [6.07, 6.45) is 9.18. The van der Waals surface area contributed by atoms with E-state index in [1.165, 1.54) is 27.0 Å². The summed E-state index contributed by atoms with van der Waals surface area (Å²) in [7, 11) is 0. The fourth-order valence-corrected chi connectivity index (χ4v) is 7.18. The summed E-state index contributed by atoms with van der Waals surface area (Å²) < 4.78 is 30.8. The molecule has 4 aromatic rings. The number of halogens is 2. The molecule has 1 aliphatic carbocycles. The zero-order valence-electron chi connectivity index (χ0n) is 28.7. The number of nitrogens with one attached hydrogen (secondary N) is 2. The van der Waals surface area contributed by atoms with Gasteiger partial charge < -0.3 is 15.5 Å². The average Bonchev–Trinajstić information content (AvgIpc) is 3.55. The molecule has 1 atom stereocenters. The van der Waals surface area contributed by atoms with E-state index in [0.717, 1.165) is 42.8 Å². The number of aliphatic imine (C=N–C) groups is 1. The minimum atomic E-state index is -0.669. The molecule has 2 aromatic heterocycles. The monoisotopic (exact) mass is 693 g/mol. The van der Waals surface area contributed by atoms with Gasteiger partial charge in [-0.15, -0.1) is 0 Å². The Morgan fingerprint density at radius 1 is 0.980 bits per heavy atom. The summed E-state index contributed by atoms with van der Waals surface area (Å²) in [5, 5.41) is 6.51. The first kappa shape index (κ1) is 34.2. The van der Waals surface area contributed by atoms with Crippen LogP contribution < -0.4 is 21.9 Å². The van der Waals surface area contributed by atoms with E-state index in [2.05, 4.69) is 58.7 Å². The van der Waals surface area contributed by atoms with E-state index in [9.17, 15) is 23.2 Å². The van der Waals surface area contributed by atoms with Gasteiger partial charge in [0.1, 0.15) is 23.5 Å². The van der Waals surface area contributed by atoms with Crippen molar-refractivity contribution >= 4 is 22.8 Å². The normalized spacial score (nSPS) is 20.0. The Morgan fingerprint density at radius 2 is 1.76 bits per heavy atom. The summed E-state index contributed by atoms with van der Waals surface area (Å²) >= 11 is 0. The number of aromatic nitrogens is 3. The molecule has 2 aromatic carbocycles. The maximum atomic E-state index is 14.5. The predicted molar refractivity (Wildman–Crippen MR) is 194 cm³/mol. The average molecular weight is 694 g/mol. The Bertz CT molecular complexity index is 2160. The van der Waals surface area contributed by atoms with Crippen molar-refractivity contribution in [3.63, 3.8) is 0 Å². The maximum absolute atomic E-state index is 14.5. The maximum Gasteiger partial charge on any atom is 0.337 e. The van der Waals surface area contributed by atoms with Crippen LogP contribution in [-0.4, -0.2) is 62.0 Å². The third-order valence-electron chi connectivity index (χ3n) is 9.81. The molecule has 2 N–H and O–H groups in total. The number of carbonyl (C=O) groups excluding carboxylic acids is 1. The van der Waals surface area contributed by atoms with Crippen LogP contribution in [0.15, 0.2) is 99.6 Å². The molecule has 0 saturated heterocycles. The molecule has 1 unspecified atom stereocenters. The second-order valence-electron chi connectivity index (χ2n) is 13.8. The highest BCUT2D eigenvalue weighted by molar-refractivity contribution is 6.00. The van der Waals surface area contributed by atoms with Crippen LogP contribution in [0.2, 0.25) is 0 Å². The summed E-state index contributed by atoms with van der Waals surface area (Å²) in [4.78, 5) is 51.4. The van der Waals surface area contributed by atoms with Crippen LogP contribution in [0.1, 0.15) is 57.6 Å². The number of rotatable bonds is 10. The minimum Gasteiger partial charge on any atom is -0.351 e. The number of pyridine rings is 1. The van der Waals surface area contributed by atoms with Gasteiger partial charge in [0.05, 0.1) is 23.8 Å². The van der Waals surface area contributed by atoms with E-state index < -0.39 is 35.0 Å². The van der Waals surface area contributed by atoms with Crippen molar-refractivity contribution in [1.82, 2.24) is 29.7 Å². The summed E-state index contributed by atoms with van der Waals surface area (Å²) in [6, 6.07) is 16.1. The minimum absolute atomic E-state index is 0.0167. The molecule has 1 fully saturated rings. The number of hydrogen-bond acceptors (Lipinski definition) is 7. The van der Waals surface area contributed by atoms with E-state index >= 15 is 0 Å². The molecule has 0 bridgehead atoms. The number of hydrogen-bond donors (Lipinski definition) is 2. The molecule has 51 heavy (non-hydrogen) atoms. The molecule has 4 heterocycles. The Morgan fingerprint density at radius 3 is 2.53 bits per heavy atom. The van der Waals surface area contributed by atoms with E-state index in [1.807, 2.05) is 18.2 Å². The number of nitrogens with zero attached hydrogens (tertiary/aromatic N) is 5. The molecule has 1 saturated carbocycles. The first-order chi connectivity index (χ1) is 24.6. The molecule has 0 radical (unpaired) electrons. The molecule has 7 rings (SSSR count). The Labute approximate surface area is 294 Å². The Kier molecular flexibility index (Phi) is 9.77. The van der Waals surface area contributed by atoms with Crippen molar-refractivity contribution in [3.05, 3.63) is 117 Å². The molecule has 3 aliphatic rings. The van der Waals surface area contributed by atoms with Gasteiger partial charge in [-0.2, -0.15) is 0 Å². The number of allylic oxidation sites excluding steroid dienone is 2. The molecular weight excluding hydrogens is 652 g/mol. The van der Waals surface area contributed by atoms with Crippen LogP contribution in [0.25, 0.3) is 27.8 Å². The van der Waals surface area contributed by atoms with Crippen LogP contribution in [0.4, 0.5) is 8.78 Å². The molecular formula is C39H41F2N7O3. The number of amides is 1. The lowest BCUT2D eigenvalue weighted by molar-refractivity contribution is -0.123. The number of carbonyl (C=O) groups is 1. The first-order valence-electron chi connectivity index (χ1n) is 17.6. The lowest BCUT2D eigenvalue weighted by atomic mass is 9.90. The fourth-order valence-electron chi connectivity index (χ4n) is 7.18. The summed E-state index contributed by atoms with van der Waals surface area (Å²) in [5.41, 5.74) is 2.57. The van der Waals surface area contributed by atoms with E-state index in [4.69, 9.17) is 0 Å². The third-order valence-corrected chi connectivity index (χ3v) is 9.81. The summed E-state index contributed by atoms with van der Waals surface area (Å²) in [6.45, 7) is 5.49. The second kappa shape index (κ2) is 14.6. The Balaban J connectivity index is 1.11. The van der Waals surface area contributed by atoms with Crippen LogP contribution >= 0.6 is 0 Å². The smallest absolute Gasteiger partial charge is 0.337 e. The molecule has 1 amide bonds. The zero-order valence-corrected chi connectivity index (χ0v) is 28.7. The molecule has 10 nitrogen and oxygen atoms in total. The van der Waals surface area contributed by atoms with Crippen molar-refractivity contribution in [2.24, 2.45) is 4.99 Å². The number of fused-ring (bicyclic) bond motifs is 2. The highest BCUT2D eigenvalue weighted by Gasteiger charge is 2.33. The van der Waals surface area contributed by atoms with Gasteiger partial charge in [-0.05, 0) is 92.1 Å². The topological polar surface area (TPSA) is 114 Å². The van der Waals surface area contributed by atoms with Gasteiger partial charge in [-0.25, -0.2) is 23.1 Å². The standard InChI is InChI=1S/C39H41F2N7O3/c1-24(2)42-18-4-5-25-8-10-26(11-9-25)27-6-3-7-32(19-27)47-36-33(20-29(41)21-43-36)38(50)48(39(47)51)31-15-13-30(14-16-31)44-37(49)34-23-46-22-28(40)12-17-35(46)45-34/h3,6-12,17,19-22,24,30-31,34,42H,4-5,13-16,18,23H2,1-2H3,(H,44,49)/t30-,31+,34?. The number of aryl methyl sites for hydroxylation is 1. The molecule has 12 heteroatoms. The van der Waals surface area contributed by atoms with Crippen molar-refractivity contribution < 1.29 is 13.6 Å². The van der Waals surface area contributed by atoms with E-state index in [-0.39, 0.29) is 29.5 Å². The van der Waals surface area contributed by atoms with Crippen molar-refractivity contribution in [2.75, 3.05) is 13.1 Å². The van der Waals surface area contributed by atoms with Crippen LogP contribution in [0.5, 0.6) is 0 Å². The summed E-state index contributed by atoms with van der Waals surface area (Å²) in [5.74, 6) is -0.768. The largest absolute Gasteiger partial charge is 0.351 e. The lowest BCUT2D eigenvalue weighted by Crippen LogP contribution is -2.47. The molecule has 0 spiro atoms. The number of benzene rings is 2. The molecule has 264 valence electrons. The second-order valence-corrected chi connectivity index (χ2v) is 13.8.